The molecule has 0 spiro atoms. The van der Waals surface area contributed by atoms with E-state index >= 15 is 0 Å². The Kier molecular flexibility index (Phi) is 3.54. The van der Waals surface area contributed by atoms with Crippen molar-refractivity contribution < 1.29 is 13.2 Å². The van der Waals surface area contributed by atoms with Crippen molar-refractivity contribution in [2.75, 3.05) is 26.2 Å². The topological polar surface area (TPSA) is 88.6 Å². The van der Waals surface area contributed by atoms with E-state index in [4.69, 9.17) is 5.73 Å². The second kappa shape index (κ2) is 5.11. The lowest BCUT2D eigenvalue weighted by Crippen LogP contribution is -2.51. The molecule has 0 radical (unpaired) electrons. The number of primary amides is 1. The van der Waals surface area contributed by atoms with E-state index in [0.29, 0.717) is 19.1 Å². The lowest BCUT2D eigenvalue weighted by Gasteiger charge is -2.36. The predicted octanol–water partition coefficient (Wildman–Crippen LogP) is -0.407. The third kappa shape index (κ3) is 2.47. The molecule has 2 aliphatic rings. The highest BCUT2D eigenvalue weighted by Gasteiger charge is 2.36. The molecule has 0 saturated carbocycles. The van der Waals surface area contributed by atoms with Crippen LogP contribution in [-0.2, 0) is 17.1 Å². The van der Waals surface area contributed by atoms with Gasteiger partial charge in [-0.2, -0.15) is 4.31 Å². The number of hydrogen-bond acceptors (Lipinski definition) is 4. The average molecular weight is 312 g/mol. The van der Waals surface area contributed by atoms with Crippen LogP contribution < -0.4 is 5.73 Å². The van der Waals surface area contributed by atoms with Gasteiger partial charge >= 0.3 is 0 Å². The van der Waals surface area contributed by atoms with Crippen molar-refractivity contribution in [2.24, 2.45) is 12.8 Å². The molecule has 3 heterocycles. The van der Waals surface area contributed by atoms with Crippen LogP contribution in [0, 0.1) is 0 Å². The zero-order valence-electron chi connectivity index (χ0n) is 12.0. The maximum absolute atomic E-state index is 12.7. The van der Waals surface area contributed by atoms with E-state index in [9.17, 15) is 13.2 Å². The van der Waals surface area contributed by atoms with Gasteiger partial charge in [0, 0.05) is 38.9 Å². The van der Waals surface area contributed by atoms with Crippen LogP contribution >= 0.6 is 0 Å². The number of aryl methyl sites for hydroxylation is 1. The summed E-state index contributed by atoms with van der Waals surface area (Å²) in [5, 5.41) is 0. The van der Waals surface area contributed by atoms with Crippen molar-refractivity contribution in [3.63, 3.8) is 0 Å². The molecule has 0 aromatic carbocycles. The van der Waals surface area contributed by atoms with Crippen LogP contribution in [0.25, 0.3) is 0 Å². The second-order valence-corrected chi connectivity index (χ2v) is 7.67. The number of nitrogens with zero attached hydrogens (tertiary/aromatic N) is 3. The zero-order chi connectivity index (χ0) is 15.2. The first-order chi connectivity index (χ1) is 9.89. The van der Waals surface area contributed by atoms with Crippen LogP contribution in [0.15, 0.2) is 17.2 Å². The Morgan fingerprint density at radius 3 is 2.76 bits per heavy atom. The number of sulfonamides is 1. The predicted molar refractivity (Wildman–Crippen MR) is 77.3 cm³/mol. The minimum Gasteiger partial charge on any atom is -0.364 e. The van der Waals surface area contributed by atoms with Gasteiger partial charge in [-0.15, -0.1) is 0 Å². The normalized spacial score (nSPS) is 24.1. The maximum atomic E-state index is 12.7. The van der Waals surface area contributed by atoms with E-state index in [1.165, 1.54) is 21.1 Å². The van der Waals surface area contributed by atoms with Crippen LogP contribution in [0.1, 0.15) is 23.3 Å². The molecule has 1 amide bonds. The molecule has 2 N–H and O–H groups in total. The van der Waals surface area contributed by atoms with E-state index in [0.717, 1.165) is 25.9 Å². The largest absolute Gasteiger partial charge is 0.364 e. The van der Waals surface area contributed by atoms with Gasteiger partial charge < -0.3 is 10.3 Å². The molecule has 0 bridgehead atoms. The van der Waals surface area contributed by atoms with Crippen LogP contribution in [-0.4, -0.2) is 60.3 Å². The number of piperazine rings is 1. The van der Waals surface area contributed by atoms with Gasteiger partial charge in [0.1, 0.15) is 10.6 Å². The van der Waals surface area contributed by atoms with E-state index in [1.807, 2.05) is 0 Å². The summed E-state index contributed by atoms with van der Waals surface area (Å²) in [7, 11) is -1.94. The summed E-state index contributed by atoms with van der Waals surface area (Å²) in [5.41, 5.74) is 5.45. The molecule has 7 nitrogen and oxygen atoms in total. The quantitative estimate of drug-likeness (QED) is 0.822. The van der Waals surface area contributed by atoms with Gasteiger partial charge in [-0.1, -0.05) is 0 Å². The number of rotatable bonds is 3. The molecule has 0 aliphatic carbocycles. The Hall–Kier alpha value is -1.38. The summed E-state index contributed by atoms with van der Waals surface area (Å²) in [6.45, 7) is 2.87. The van der Waals surface area contributed by atoms with Gasteiger partial charge in [-0.25, -0.2) is 8.42 Å². The first-order valence-electron chi connectivity index (χ1n) is 7.10. The Bertz CT molecular complexity index is 667. The molecule has 1 atom stereocenters. The summed E-state index contributed by atoms with van der Waals surface area (Å²) in [5.74, 6) is -0.625. The minimum absolute atomic E-state index is 0.144. The van der Waals surface area contributed by atoms with Gasteiger partial charge in [-0.3, -0.25) is 9.69 Å². The van der Waals surface area contributed by atoms with Gasteiger partial charge in [-0.05, 0) is 25.5 Å². The zero-order valence-corrected chi connectivity index (χ0v) is 12.8. The monoisotopic (exact) mass is 312 g/mol. The molecule has 1 aromatic rings. The molecule has 1 aromatic heterocycles. The van der Waals surface area contributed by atoms with Crippen molar-refractivity contribution in [1.29, 1.82) is 0 Å². The Morgan fingerprint density at radius 1 is 1.33 bits per heavy atom. The van der Waals surface area contributed by atoms with E-state index in [2.05, 4.69) is 4.90 Å². The van der Waals surface area contributed by atoms with Crippen LogP contribution in [0.2, 0.25) is 0 Å². The van der Waals surface area contributed by atoms with Gasteiger partial charge in [0.05, 0.1) is 0 Å². The average Bonchev–Trinajstić information content (AvgIpc) is 3.03. The number of hydrogen-bond donors (Lipinski definition) is 1. The number of aromatic nitrogens is 1. The molecule has 8 heteroatoms. The first-order valence-corrected chi connectivity index (χ1v) is 8.54. The van der Waals surface area contributed by atoms with Gasteiger partial charge in [0.25, 0.3) is 5.91 Å². The first kappa shape index (κ1) is 14.6. The van der Waals surface area contributed by atoms with Crippen molar-refractivity contribution in [2.45, 2.75) is 23.8 Å². The molecule has 3 rings (SSSR count). The fraction of sp³-hybridized carbons (Fsp3) is 0.615. The third-order valence-electron chi connectivity index (χ3n) is 4.42. The summed E-state index contributed by atoms with van der Waals surface area (Å²) in [6, 6.07) is 1.69. The second-order valence-electron chi connectivity index (χ2n) is 5.73. The summed E-state index contributed by atoms with van der Waals surface area (Å²) >= 11 is 0. The van der Waals surface area contributed by atoms with Crippen LogP contribution in [0.3, 0.4) is 0 Å². The fourth-order valence-electron chi connectivity index (χ4n) is 3.25. The van der Waals surface area contributed by atoms with E-state index in [-0.39, 0.29) is 10.6 Å². The highest BCUT2D eigenvalue weighted by atomic mass is 32.2. The Labute approximate surface area is 124 Å². The molecule has 116 valence electrons. The molecule has 21 heavy (non-hydrogen) atoms. The van der Waals surface area contributed by atoms with E-state index < -0.39 is 15.9 Å². The number of amides is 1. The summed E-state index contributed by atoms with van der Waals surface area (Å²) < 4.78 is 28.4. The SMILES string of the molecule is Cn1cc(S(=O)(=O)N2CCN3CCC[C@H]3C2)cc1C(N)=O. The molecule has 2 fully saturated rings. The van der Waals surface area contributed by atoms with Crippen LogP contribution in [0.5, 0.6) is 0 Å². The van der Waals surface area contributed by atoms with E-state index in [1.54, 1.807) is 7.05 Å². The van der Waals surface area contributed by atoms with Crippen molar-refractivity contribution >= 4 is 15.9 Å². The number of carbonyl (C=O) groups is 1. The number of fused-ring (bicyclic) bond motifs is 1. The maximum Gasteiger partial charge on any atom is 0.265 e. The van der Waals surface area contributed by atoms with Gasteiger partial charge in [0.15, 0.2) is 0 Å². The molecule has 2 aliphatic heterocycles. The molecular weight excluding hydrogens is 292 g/mol. The smallest absolute Gasteiger partial charge is 0.265 e. The fourth-order valence-corrected chi connectivity index (χ4v) is 4.79. The number of carbonyl (C=O) groups excluding carboxylic acids is 1. The minimum atomic E-state index is -3.56. The van der Waals surface area contributed by atoms with Crippen molar-refractivity contribution in [1.82, 2.24) is 13.8 Å². The molecule has 2 saturated heterocycles. The highest BCUT2D eigenvalue weighted by Crippen LogP contribution is 2.26. The Morgan fingerprint density at radius 2 is 2.10 bits per heavy atom. The standard InChI is InChI=1S/C13H20N4O3S/c1-15-9-11(7-12(15)13(14)18)21(19,20)17-6-5-16-4-2-3-10(16)8-17/h7,9-10H,2-6,8H2,1H3,(H2,14,18)/t10-/m0/s1. The number of nitrogens with two attached hydrogens (primary N) is 1. The van der Waals surface area contributed by atoms with Gasteiger partial charge in [0.2, 0.25) is 10.0 Å². The molecular formula is C13H20N4O3S. The summed E-state index contributed by atoms with van der Waals surface area (Å²) in [6.07, 6.45) is 3.64. The van der Waals surface area contributed by atoms with Crippen LogP contribution in [0.4, 0.5) is 0 Å². The Balaban J connectivity index is 1.86. The van der Waals surface area contributed by atoms with Crippen molar-refractivity contribution in [3.05, 3.63) is 18.0 Å². The highest BCUT2D eigenvalue weighted by molar-refractivity contribution is 7.89. The van der Waals surface area contributed by atoms with Crippen molar-refractivity contribution in [3.8, 4) is 0 Å². The molecule has 0 unspecified atom stereocenters. The summed E-state index contributed by atoms with van der Waals surface area (Å²) in [4.78, 5) is 13.8. The lowest BCUT2D eigenvalue weighted by molar-refractivity contribution is 0.0992. The third-order valence-corrected chi connectivity index (χ3v) is 6.25. The lowest BCUT2D eigenvalue weighted by atomic mass is 10.2.